The van der Waals surface area contributed by atoms with Gasteiger partial charge in [-0.1, -0.05) is 12.2 Å². The smallest absolute Gasteiger partial charge is 0.265 e. The second kappa shape index (κ2) is 5.76. The van der Waals surface area contributed by atoms with E-state index >= 15 is 0 Å². The van der Waals surface area contributed by atoms with Crippen molar-refractivity contribution in [1.82, 2.24) is 0 Å². The molecule has 6 heteroatoms. The zero-order valence-corrected chi connectivity index (χ0v) is 8.70. The molecule has 9 heavy (non-hydrogen) atoms. The predicted octanol–water partition coefficient (Wildman–Crippen LogP) is -0.117. The summed E-state index contributed by atoms with van der Waals surface area (Å²) in [5.41, 5.74) is 0. The molecule has 0 aliphatic rings. The fourth-order valence-corrected chi connectivity index (χ4v) is 0.880. The molecule has 0 aromatic rings. The van der Waals surface area contributed by atoms with Gasteiger partial charge in [0, 0.05) is 29.6 Å². The van der Waals surface area contributed by atoms with Gasteiger partial charge >= 0.3 is 0 Å². The van der Waals surface area contributed by atoms with Crippen LogP contribution in [0.3, 0.4) is 0 Å². The molecular formula is C3H6NaO3S2. The molecule has 0 amide bonds. The van der Waals surface area contributed by atoms with Crippen LogP contribution < -0.4 is 0 Å². The summed E-state index contributed by atoms with van der Waals surface area (Å²) in [5.74, 6) is -0.267. The SMILES string of the molecule is O=S(=O)(O)CCC=S.[Na]. The third kappa shape index (κ3) is 12.2. The van der Waals surface area contributed by atoms with Crippen molar-refractivity contribution in [3.63, 3.8) is 0 Å². The van der Waals surface area contributed by atoms with Gasteiger partial charge in [-0.2, -0.15) is 8.42 Å². The van der Waals surface area contributed by atoms with E-state index in [1.165, 1.54) is 5.37 Å². The van der Waals surface area contributed by atoms with Crippen molar-refractivity contribution < 1.29 is 13.0 Å². The first-order chi connectivity index (χ1) is 3.56. The second-order valence-electron chi connectivity index (χ2n) is 1.24. The summed E-state index contributed by atoms with van der Waals surface area (Å²) in [7, 11) is -3.78. The van der Waals surface area contributed by atoms with Crippen LogP contribution in [0.4, 0.5) is 0 Å². The van der Waals surface area contributed by atoms with Crippen LogP contribution in [0.1, 0.15) is 6.42 Å². The Morgan fingerprint density at radius 1 is 1.56 bits per heavy atom. The zero-order chi connectivity index (χ0) is 6.62. The Morgan fingerprint density at radius 3 is 2.11 bits per heavy atom. The largest absolute Gasteiger partial charge is 0.286 e. The summed E-state index contributed by atoms with van der Waals surface area (Å²) in [5, 5.41) is 1.27. The Labute approximate surface area is 81.9 Å². The normalized spacial score (nSPS) is 9.89. The van der Waals surface area contributed by atoms with Gasteiger partial charge in [0.2, 0.25) is 0 Å². The Morgan fingerprint density at radius 2 is 2.00 bits per heavy atom. The first kappa shape index (κ1) is 12.7. The molecule has 1 N–H and O–H groups in total. The molecule has 0 aliphatic carbocycles. The van der Waals surface area contributed by atoms with Crippen LogP contribution in [0.5, 0.6) is 0 Å². The second-order valence-corrected chi connectivity index (χ2v) is 3.15. The van der Waals surface area contributed by atoms with Gasteiger partial charge in [0.25, 0.3) is 10.1 Å². The topological polar surface area (TPSA) is 54.4 Å². The van der Waals surface area contributed by atoms with Gasteiger partial charge in [0.1, 0.15) is 0 Å². The van der Waals surface area contributed by atoms with E-state index in [0.717, 1.165) is 0 Å². The van der Waals surface area contributed by atoms with Crippen molar-refractivity contribution in [1.29, 1.82) is 0 Å². The first-order valence-corrected chi connectivity index (χ1v) is 4.03. The maximum Gasteiger partial charge on any atom is 0.265 e. The van der Waals surface area contributed by atoms with E-state index in [9.17, 15) is 8.42 Å². The van der Waals surface area contributed by atoms with Crippen molar-refractivity contribution >= 4 is 57.3 Å². The van der Waals surface area contributed by atoms with Gasteiger partial charge in [0.15, 0.2) is 0 Å². The minimum atomic E-state index is -3.78. The molecule has 0 aromatic heterocycles. The summed E-state index contributed by atoms with van der Waals surface area (Å²) in [4.78, 5) is 0. The molecule has 49 valence electrons. The maximum atomic E-state index is 9.88. The predicted molar refractivity (Wildman–Crippen MR) is 40.4 cm³/mol. The van der Waals surface area contributed by atoms with Gasteiger partial charge in [-0.05, 0) is 11.8 Å². The molecule has 0 fully saturated rings. The van der Waals surface area contributed by atoms with Crippen molar-refractivity contribution in [3.8, 4) is 0 Å². The Balaban J connectivity index is 0. The van der Waals surface area contributed by atoms with Crippen molar-refractivity contribution in [3.05, 3.63) is 0 Å². The molecule has 0 saturated carbocycles. The molecule has 0 atom stereocenters. The molecule has 0 rings (SSSR count). The molecule has 0 bridgehead atoms. The quantitative estimate of drug-likeness (QED) is 0.371. The van der Waals surface area contributed by atoms with E-state index in [4.69, 9.17) is 4.55 Å². The van der Waals surface area contributed by atoms with Crippen LogP contribution in [-0.4, -0.2) is 53.6 Å². The molecular weight excluding hydrogens is 171 g/mol. The van der Waals surface area contributed by atoms with Gasteiger partial charge < -0.3 is 0 Å². The Kier molecular flexibility index (Phi) is 8.10. The van der Waals surface area contributed by atoms with E-state index in [-0.39, 0.29) is 41.7 Å². The van der Waals surface area contributed by atoms with Crippen LogP contribution in [-0.2, 0) is 10.1 Å². The standard InChI is InChI=1S/C3H6O3S2.Na/c4-8(5,6)3-1-2-7;/h2H,1,3H2,(H,4,5,6);. The summed E-state index contributed by atoms with van der Waals surface area (Å²) in [6.07, 6.45) is 0.230. The van der Waals surface area contributed by atoms with Gasteiger partial charge in [-0.15, -0.1) is 0 Å². The minimum Gasteiger partial charge on any atom is -0.286 e. The van der Waals surface area contributed by atoms with Crippen LogP contribution in [0, 0.1) is 0 Å². The van der Waals surface area contributed by atoms with Crippen LogP contribution in [0.2, 0.25) is 0 Å². The van der Waals surface area contributed by atoms with Gasteiger partial charge in [-0.3, -0.25) is 4.55 Å². The van der Waals surface area contributed by atoms with Crippen molar-refractivity contribution in [2.24, 2.45) is 0 Å². The molecule has 0 unspecified atom stereocenters. The average Bonchev–Trinajstić information content (AvgIpc) is 1.59. The molecule has 0 saturated heterocycles. The number of thiocarbonyl (C=S) groups is 1. The Hall–Kier alpha value is 1.00. The number of rotatable bonds is 3. The fourth-order valence-electron chi connectivity index (χ4n) is 0.197. The molecule has 0 aromatic carbocycles. The van der Waals surface area contributed by atoms with E-state index in [0.29, 0.717) is 0 Å². The summed E-state index contributed by atoms with van der Waals surface area (Å²) >= 11 is 4.32. The maximum absolute atomic E-state index is 9.88. The first-order valence-electron chi connectivity index (χ1n) is 1.95. The number of hydrogen-bond donors (Lipinski definition) is 1. The molecule has 3 nitrogen and oxygen atoms in total. The average molecular weight is 177 g/mol. The third-order valence-corrected chi connectivity index (χ3v) is 1.48. The third-order valence-electron chi connectivity index (χ3n) is 0.494. The minimum absolute atomic E-state index is 0. The molecule has 1 radical (unpaired) electrons. The van der Waals surface area contributed by atoms with Crippen molar-refractivity contribution in [2.75, 3.05) is 5.75 Å². The summed E-state index contributed by atoms with van der Waals surface area (Å²) in [6, 6.07) is 0. The van der Waals surface area contributed by atoms with Crippen LogP contribution in [0.25, 0.3) is 0 Å². The molecule has 0 heterocycles. The van der Waals surface area contributed by atoms with Crippen LogP contribution >= 0.6 is 12.2 Å². The van der Waals surface area contributed by atoms with Gasteiger partial charge in [0.05, 0.1) is 5.75 Å². The van der Waals surface area contributed by atoms with Crippen molar-refractivity contribution in [2.45, 2.75) is 6.42 Å². The van der Waals surface area contributed by atoms with E-state index in [1.807, 2.05) is 0 Å². The fraction of sp³-hybridized carbons (Fsp3) is 0.667. The zero-order valence-electron chi connectivity index (χ0n) is 5.07. The van der Waals surface area contributed by atoms with E-state index < -0.39 is 10.1 Å². The van der Waals surface area contributed by atoms with Gasteiger partial charge in [-0.25, -0.2) is 0 Å². The molecule has 0 aliphatic heterocycles. The summed E-state index contributed by atoms with van der Waals surface area (Å²) in [6.45, 7) is 0. The summed E-state index contributed by atoms with van der Waals surface area (Å²) < 4.78 is 27.8. The van der Waals surface area contributed by atoms with E-state index in [1.54, 1.807) is 0 Å². The van der Waals surface area contributed by atoms with E-state index in [2.05, 4.69) is 12.2 Å². The Bertz CT molecular complexity index is 162. The molecule has 0 spiro atoms. The number of hydrogen-bond acceptors (Lipinski definition) is 3. The monoisotopic (exact) mass is 177 g/mol. The van der Waals surface area contributed by atoms with Crippen LogP contribution in [0.15, 0.2) is 0 Å².